The number of hydrogen-bond acceptors (Lipinski definition) is 6. The molecule has 0 fully saturated rings. The van der Waals surface area contributed by atoms with Gasteiger partial charge in [-0.15, -0.1) is 0 Å². The molecule has 0 bridgehead atoms. The second kappa shape index (κ2) is 7.75. The standard InChI is InChI=1S/C24H22N2O4/c25-20-10-8-17(13-22(20)27)29-19-7-4-12-24(15-19,16-5-2-1-3-6-16)30-18-9-11-21(26)23(28)14-18/h1-14,27-28H,15,25-26H2. The Balaban J connectivity index is 1.66. The van der Waals surface area contributed by atoms with Crippen molar-refractivity contribution in [3.8, 4) is 23.0 Å². The molecule has 0 heterocycles. The van der Waals surface area contributed by atoms with Gasteiger partial charge in [-0.1, -0.05) is 36.4 Å². The van der Waals surface area contributed by atoms with Gasteiger partial charge in [-0.25, -0.2) is 0 Å². The van der Waals surface area contributed by atoms with Gasteiger partial charge in [0.2, 0.25) is 0 Å². The zero-order chi connectivity index (χ0) is 21.1. The minimum absolute atomic E-state index is 0.0395. The molecule has 152 valence electrons. The average molecular weight is 402 g/mol. The van der Waals surface area contributed by atoms with Crippen LogP contribution in [-0.4, -0.2) is 10.2 Å². The fourth-order valence-corrected chi connectivity index (χ4v) is 3.34. The van der Waals surface area contributed by atoms with Gasteiger partial charge in [0.25, 0.3) is 0 Å². The number of nitrogens with two attached hydrogens (primary N) is 2. The third-order valence-electron chi connectivity index (χ3n) is 4.90. The van der Waals surface area contributed by atoms with Crippen molar-refractivity contribution in [2.75, 3.05) is 11.5 Å². The molecule has 0 saturated carbocycles. The molecule has 4 rings (SSSR count). The van der Waals surface area contributed by atoms with E-state index >= 15 is 0 Å². The van der Waals surface area contributed by atoms with Gasteiger partial charge < -0.3 is 31.2 Å². The Morgan fingerprint density at radius 2 is 1.43 bits per heavy atom. The number of benzene rings is 3. The Hall–Kier alpha value is -4.06. The normalized spacial score (nSPS) is 17.9. The van der Waals surface area contributed by atoms with Crippen molar-refractivity contribution in [3.05, 3.63) is 96.3 Å². The van der Waals surface area contributed by atoms with Gasteiger partial charge in [0, 0.05) is 12.1 Å². The number of hydrogen-bond donors (Lipinski definition) is 4. The van der Waals surface area contributed by atoms with E-state index in [1.807, 2.05) is 48.6 Å². The molecule has 0 saturated heterocycles. The van der Waals surface area contributed by atoms with Crippen LogP contribution in [0.15, 0.2) is 90.7 Å². The van der Waals surface area contributed by atoms with Crippen LogP contribution in [0.1, 0.15) is 12.0 Å². The first-order valence-corrected chi connectivity index (χ1v) is 9.43. The van der Waals surface area contributed by atoms with Crippen LogP contribution in [0.5, 0.6) is 23.0 Å². The molecule has 0 radical (unpaired) electrons. The number of aromatic hydroxyl groups is 2. The number of allylic oxidation sites excluding steroid dienone is 2. The Morgan fingerprint density at radius 3 is 2.10 bits per heavy atom. The zero-order valence-electron chi connectivity index (χ0n) is 16.2. The van der Waals surface area contributed by atoms with Crippen molar-refractivity contribution >= 4 is 11.4 Å². The second-order valence-corrected chi connectivity index (χ2v) is 7.07. The van der Waals surface area contributed by atoms with Crippen molar-refractivity contribution < 1.29 is 19.7 Å². The molecule has 3 aromatic carbocycles. The molecule has 0 aromatic heterocycles. The number of phenols is 2. The molecule has 1 atom stereocenters. The smallest absolute Gasteiger partial charge is 0.159 e. The molecule has 1 aliphatic rings. The summed E-state index contributed by atoms with van der Waals surface area (Å²) in [6.07, 6.45) is 6.05. The molecule has 3 aromatic rings. The summed E-state index contributed by atoms with van der Waals surface area (Å²) in [6.45, 7) is 0. The molecule has 30 heavy (non-hydrogen) atoms. The van der Waals surface area contributed by atoms with Gasteiger partial charge in [-0.2, -0.15) is 0 Å². The number of rotatable bonds is 5. The monoisotopic (exact) mass is 402 g/mol. The Morgan fingerprint density at radius 1 is 0.800 bits per heavy atom. The average Bonchev–Trinajstić information content (AvgIpc) is 2.74. The van der Waals surface area contributed by atoms with Crippen LogP contribution in [0.4, 0.5) is 11.4 Å². The summed E-state index contributed by atoms with van der Waals surface area (Å²) < 4.78 is 12.4. The number of anilines is 2. The topological polar surface area (TPSA) is 111 Å². The van der Waals surface area contributed by atoms with E-state index in [2.05, 4.69) is 0 Å². The molecule has 0 amide bonds. The highest BCUT2D eigenvalue weighted by molar-refractivity contribution is 5.56. The largest absolute Gasteiger partial charge is 0.506 e. The van der Waals surface area contributed by atoms with Gasteiger partial charge in [-0.05, 0) is 42.0 Å². The lowest BCUT2D eigenvalue weighted by atomic mass is 9.86. The van der Waals surface area contributed by atoms with Gasteiger partial charge in [0.1, 0.15) is 28.8 Å². The van der Waals surface area contributed by atoms with Crippen molar-refractivity contribution in [1.29, 1.82) is 0 Å². The van der Waals surface area contributed by atoms with E-state index in [1.165, 1.54) is 12.1 Å². The lowest BCUT2D eigenvalue weighted by Crippen LogP contribution is -2.33. The van der Waals surface area contributed by atoms with Crippen molar-refractivity contribution in [3.63, 3.8) is 0 Å². The summed E-state index contributed by atoms with van der Waals surface area (Å²) in [5.74, 6) is 1.50. The molecule has 0 aliphatic heterocycles. The minimum Gasteiger partial charge on any atom is -0.506 e. The molecular formula is C24H22N2O4. The predicted molar refractivity (Wildman–Crippen MR) is 116 cm³/mol. The minimum atomic E-state index is -0.857. The molecule has 6 N–H and O–H groups in total. The van der Waals surface area contributed by atoms with Crippen LogP contribution in [0.3, 0.4) is 0 Å². The van der Waals surface area contributed by atoms with Gasteiger partial charge >= 0.3 is 0 Å². The van der Waals surface area contributed by atoms with Crippen molar-refractivity contribution in [2.45, 2.75) is 12.0 Å². The molecule has 0 spiro atoms. The predicted octanol–water partition coefficient (Wildman–Crippen LogP) is 4.46. The van der Waals surface area contributed by atoms with Crippen LogP contribution < -0.4 is 20.9 Å². The summed E-state index contributed by atoms with van der Waals surface area (Å²) in [6, 6.07) is 19.3. The molecule has 1 aliphatic carbocycles. The second-order valence-electron chi connectivity index (χ2n) is 7.07. The maximum Gasteiger partial charge on any atom is 0.159 e. The lowest BCUT2D eigenvalue weighted by molar-refractivity contribution is 0.105. The number of ether oxygens (including phenoxy) is 2. The fraction of sp³-hybridized carbons (Fsp3) is 0.0833. The van der Waals surface area contributed by atoms with E-state index in [4.69, 9.17) is 20.9 Å². The quantitative estimate of drug-likeness (QED) is 0.370. The van der Waals surface area contributed by atoms with E-state index < -0.39 is 5.60 Å². The van der Waals surface area contributed by atoms with Crippen LogP contribution in [-0.2, 0) is 5.60 Å². The number of nitrogen functional groups attached to an aromatic ring is 2. The SMILES string of the molecule is Nc1ccc(OC2=CC=CC(Oc3ccc(N)c(O)c3)(c3ccccc3)C2)cc1O. The van der Waals surface area contributed by atoms with Gasteiger partial charge in [-0.3, -0.25) is 0 Å². The van der Waals surface area contributed by atoms with E-state index in [1.54, 1.807) is 24.3 Å². The van der Waals surface area contributed by atoms with Gasteiger partial charge in [0.15, 0.2) is 5.60 Å². The molecule has 1 unspecified atom stereocenters. The first-order valence-electron chi connectivity index (χ1n) is 9.43. The Labute approximate surface area is 174 Å². The molecule has 6 heteroatoms. The fourth-order valence-electron chi connectivity index (χ4n) is 3.34. The zero-order valence-corrected chi connectivity index (χ0v) is 16.2. The van der Waals surface area contributed by atoms with E-state index in [0.29, 0.717) is 23.7 Å². The van der Waals surface area contributed by atoms with E-state index in [-0.39, 0.29) is 22.9 Å². The van der Waals surface area contributed by atoms with Crippen LogP contribution in [0, 0.1) is 0 Å². The highest BCUT2D eigenvalue weighted by Crippen LogP contribution is 2.40. The third kappa shape index (κ3) is 3.89. The Kier molecular flexibility index (Phi) is 4.98. The Bertz CT molecular complexity index is 1130. The third-order valence-corrected chi connectivity index (χ3v) is 4.90. The maximum absolute atomic E-state index is 9.99. The van der Waals surface area contributed by atoms with E-state index in [0.717, 1.165) is 5.56 Å². The van der Waals surface area contributed by atoms with Crippen LogP contribution >= 0.6 is 0 Å². The van der Waals surface area contributed by atoms with Crippen molar-refractivity contribution in [2.24, 2.45) is 0 Å². The van der Waals surface area contributed by atoms with Gasteiger partial charge in [0.05, 0.1) is 17.8 Å². The van der Waals surface area contributed by atoms with Crippen LogP contribution in [0.25, 0.3) is 0 Å². The first kappa shape index (κ1) is 19.3. The number of phenolic OH excluding ortho intramolecular Hbond substituents is 2. The summed E-state index contributed by atoms with van der Waals surface area (Å²) in [5.41, 5.74) is 12.0. The van der Waals surface area contributed by atoms with Crippen molar-refractivity contribution in [1.82, 2.24) is 0 Å². The highest BCUT2D eigenvalue weighted by atomic mass is 16.5. The summed E-state index contributed by atoms with van der Waals surface area (Å²) in [5, 5.41) is 19.8. The first-order chi connectivity index (χ1) is 14.4. The lowest BCUT2D eigenvalue weighted by Gasteiger charge is -2.34. The summed E-state index contributed by atoms with van der Waals surface area (Å²) >= 11 is 0. The maximum atomic E-state index is 9.99. The summed E-state index contributed by atoms with van der Waals surface area (Å²) in [4.78, 5) is 0. The highest BCUT2D eigenvalue weighted by Gasteiger charge is 2.35. The van der Waals surface area contributed by atoms with Crippen LogP contribution in [0.2, 0.25) is 0 Å². The molecular weight excluding hydrogens is 380 g/mol. The molecule has 6 nitrogen and oxygen atoms in total. The van der Waals surface area contributed by atoms with E-state index in [9.17, 15) is 10.2 Å². The summed E-state index contributed by atoms with van der Waals surface area (Å²) in [7, 11) is 0.